The summed E-state index contributed by atoms with van der Waals surface area (Å²) in [5, 5.41) is 25.0. The number of nitrogens with one attached hydrogen (secondary N) is 2. The Morgan fingerprint density at radius 2 is 2.25 bits per heavy atom. The maximum absolute atomic E-state index is 11.8. The van der Waals surface area contributed by atoms with Gasteiger partial charge < -0.3 is 10.6 Å². The predicted octanol–water partition coefficient (Wildman–Crippen LogP) is 1.69. The van der Waals surface area contributed by atoms with E-state index in [1.807, 2.05) is 0 Å². The molecule has 7 heteroatoms. The summed E-state index contributed by atoms with van der Waals surface area (Å²) in [5.74, 6) is -0.596. The molecular formula is C13H12N4O3. The van der Waals surface area contributed by atoms with Crippen molar-refractivity contribution in [3.63, 3.8) is 0 Å². The first-order chi connectivity index (χ1) is 9.60. The Hall–Kier alpha value is -2.88. The molecule has 7 nitrogen and oxygen atoms in total. The second kappa shape index (κ2) is 5.84. The molecule has 1 aliphatic rings. The highest BCUT2D eigenvalue weighted by Gasteiger charge is 2.20. The largest absolute Gasteiger partial charge is 0.387 e. The minimum atomic E-state index is -0.596. The molecule has 20 heavy (non-hydrogen) atoms. The highest BCUT2D eigenvalue weighted by molar-refractivity contribution is 6.06. The van der Waals surface area contributed by atoms with Crippen LogP contribution in [-0.2, 0) is 4.79 Å². The van der Waals surface area contributed by atoms with Crippen LogP contribution in [0, 0.1) is 21.4 Å². The molecule has 1 saturated carbocycles. The Balaban J connectivity index is 2.05. The minimum absolute atomic E-state index is 0.0663. The average Bonchev–Trinajstić information content (AvgIpc) is 3.24. The first kappa shape index (κ1) is 13.5. The fourth-order valence-electron chi connectivity index (χ4n) is 1.50. The van der Waals surface area contributed by atoms with Crippen molar-refractivity contribution >= 4 is 17.3 Å². The summed E-state index contributed by atoms with van der Waals surface area (Å²) >= 11 is 0. The van der Waals surface area contributed by atoms with Gasteiger partial charge in [0.2, 0.25) is 0 Å². The van der Waals surface area contributed by atoms with E-state index in [1.165, 1.54) is 30.5 Å². The zero-order chi connectivity index (χ0) is 14.5. The Kier molecular flexibility index (Phi) is 3.96. The number of carbonyl (C=O) groups excluding carboxylic acids is 1. The zero-order valence-electron chi connectivity index (χ0n) is 10.5. The molecule has 2 rings (SSSR count). The van der Waals surface area contributed by atoms with Crippen LogP contribution in [0.5, 0.6) is 0 Å². The molecule has 1 aromatic carbocycles. The predicted molar refractivity (Wildman–Crippen MR) is 71.6 cm³/mol. The third-order valence-electron chi connectivity index (χ3n) is 2.72. The summed E-state index contributed by atoms with van der Waals surface area (Å²) in [5.41, 5.74) is 0.0848. The molecule has 0 radical (unpaired) electrons. The summed E-state index contributed by atoms with van der Waals surface area (Å²) in [4.78, 5) is 21.9. The number of hydrogen-bond acceptors (Lipinski definition) is 5. The van der Waals surface area contributed by atoms with Gasteiger partial charge in [0.25, 0.3) is 11.6 Å². The van der Waals surface area contributed by atoms with Gasteiger partial charge in [-0.3, -0.25) is 14.9 Å². The molecule has 1 amide bonds. The molecular weight excluding hydrogens is 260 g/mol. The van der Waals surface area contributed by atoms with Crippen molar-refractivity contribution in [1.29, 1.82) is 5.26 Å². The first-order valence-corrected chi connectivity index (χ1v) is 6.02. The van der Waals surface area contributed by atoms with Crippen LogP contribution in [0.3, 0.4) is 0 Å². The standard InChI is InChI=1S/C13H12N4O3/c14-7-9(8-15-10-4-5-10)13(18)16-11-2-1-3-12(6-11)17(19)20/h1-3,6,8,10,15H,4-5H2,(H,16,18)/b9-8-. The van der Waals surface area contributed by atoms with Gasteiger partial charge in [0.1, 0.15) is 11.6 Å². The highest BCUT2D eigenvalue weighted by atomic mass is 16.6. The van der Waals surface area contributed by atoms with Crippen LogP contribution >= 0.6 is 0 Å². The monoisotopic (exact) mass is 272 g/mol. The lowest BCUT2D eigenvalue weighted by Gasteiger charge is -2.04. The molecule has 0 saturated heterocycles. The molecule has 102 valence electrons. The summed E-state index contributed by atoms with van der Waals surface area (Å²) in [7, 11) is 0. The van der Waals surface area contributed by atoms with Gasteiger partial charge in [0.05, 0.1) is 4.92 Å². The van der Waals surface area contributed by atoms with Crippen LogP contribution < -0.4 is 10.6 Å². The molecule has 0 bridgehead atoms. The second-order valence-electron chi connectivity index (χ2n) is 4.37. The number of rotatable bonds is 5. The first-order valence-electron chi connectivity index (χ1n) is 6.02. The molecule has 1 aromatic rings. The third-order valence-corrected chi connectivity index (χ3v) is 2.72. The van der Waals surface area contributed by atoms with Crippen molar-refractivity contribution in [2.24, 2.45) is 0 Å². The maximum Gasteiger partial charge on any atom is 0.271 e. The van der Waals surface area contributed by atoms with Crippen LogP contribution in [0.1, 0.15) is 12.8 Å². The molecule has 0 unspecified atom stereocenters. The van der Waals surface area contributed by atoms with Gasteiger partial charge in [-0.15, -0.1) is 0 Å². The van der Waals surface area contributed by atoms with Crippen LogP contribution in [-0.4, -0.2) is 16.9 Å². The topological polar surface area (TPSA) is 108 Å². The average molecular weight is 272 g/mol. The van der Waals surface area contributed by atoms with Gasteiger partial charge in [0, 0.05) is 30.1 Å². The third kappa shape index (κ3) is 3.55. The minimum Gasteiger partial charge on any atom is -0.387 e. The highest BCUT2D eigenvalue weighted by Crippen LogP contribution is 2.19. The van der Waals surface area contributed by atoms with Gasteiger partial charge in [-0.2, -0.15) is 5.26 Å². The smallest absolute Gasteiger partial charge is 0.271 e. The summed E-state index contributed by atoms with van der Waals surface area (Å²) < 4.78 is 0. The van der Waals surface area contributed by atoms with Crippen molar-refractivity contribution in [3.8, 4) is 6.07 Å². The normalized spacial score (nSPS) is 14.2. The number of carbonyl (C=O) groups is 1. The lowest BCUT2D eigenvalue weighted by Crippen LogP contribution is -2.17. The summed E-state index contributed by atoms with van der Waals surface area (Å²) in [6, 6.07) is 7.68. The van der Waals surface area contributed by atoms with Crippen LogP contribution in [0.4, 0.5) is 11.4 Å². The lowest BCUT2D eigenvalue weighted by molar-refractivity contribution is -0.384. The Morgan fingerprint density at radius 3 is 2.85 bits per heavy atom. The van der Waals surface area contributed by atoms with E-state index in [9.17, 15) is 14.9 Å². The number of nitro benzene ring substituents is 1. The quantitative estimate of drug-likeness (QED) is 0.367. The maximum atomic E-state index is 11.8. The Bertz CT molecular complexity index is 614. The van der Waals surface area contributed by atoms with E-state index in [1.54, 1.807) is 6.07 Å². The van der Waals surface area contributed by atoms with Gasteiger partial charge in [-0.1, -0.05) is 6.07 Å². The van der Waals surface area contributed by atoms with Crippen molar-refractivity contribution in [2.75, 3.05) is 5.32 Å². The number of nitriles is 1. The van der Waals surface area contributed by atoms with Crippen molar-refractivity contribution < 1.29 is 9.72 Å². The Morgan fingerprint density at radius 1 is 1.50 bits per heavy atom. The molecule has 0 spiro atoms. The molecule has 1 fully saturated rings. The van der Waals surface area contributed by atoms with E-state index in [0.717, 1.165) is 12.8 Å². The van der Waals surface area contributed by atoms with E-state index in [2.05, 4.69) is 10.6 Å². The van der Waals surface area contributed by atoms with E-state index in [4.69, 9.17) is 5.26 Å². The van der Waals surface area contributed by atoms with Crippen molar-refractivity contribution in [2.45, 2.75) is 18.9 Å². The van der Waals surface area contributed by atoms with Gasteiger partial charge in [-0.05, 0) is 18.9 Å². The van der Waals surface area contributed by atoms with E-state index in [-0.39, 0.29) is 16.9 Å². The number of amides is 1. The van der Waals surface area contributed by atoms with Gasteiger partial charge in [0.15, 0.2) is 0 Å². The number of benzene rings is 1. The molecule has 0 aliphatic heterocycles. The summed E-state index contributed by atoms with van der Waals surface area (Å²) in [6.07, 6.45) is 3.44. The summed E-state index contributed by atoms with van der Waals surface area (Å²) in [6.45, 7) is 0. The van der Waals surface area contributed by atoms with Crippen LogP contribution in [0.25, 0.3) is 0 Å². The molecule has 2 N–H and O–H groups in total. The van der Waals surface area contributed by atoms with Crippen molar-refractivity contribution in [3.05, 3.63) is 46.2 Å². The van der Waals surface area contributed by atoms with Gasteiger partial charge in [-0.25, -0.2) is 0 Å². The fraction of sp³-hybridized carbons (Fsp3) is 0.231. The zero-order valence-corrected chi connectivity index (χ0v) is 10.5. The number of anilines is 1. The molecule has 1 aliphatic carbocycles. The molecule has 0 aromatic heterocycles. The SMILES string of the molecule is N#C/C(=C/NC1CC1)C(=O)Nc1cccc([N+](=O)[O-])c1. The number of hydrogen-bond donors (Lipinski definition) is 2. The Labute approximate surface area is 115 Å². The number of non-ortho nitro benzene ring substituents is 1. The number of nitrogens with zero attached hydrogens (tertiary/aromatic N) is 2. The van der Waals surface area contributed by atoms with Crippen molar-refractivity contribution in [1.82, 2.24) is 5.32 Å². The number of nitro groups is 1. The van der Waals surface area contributed by atoms with Crippen LogP contribution in [0.2, 0.25) is 0 Å². The van der Waals surface area contributed by atoms with Crippen LogP contribution in [0.15, 0.2) is 36.0 Å². The lowest BCUT2D eigenvalue weighted by atomic mass is 10.2. The second-order valence-corrected chi connectivity index (χ2v) is 4.37. The molecule has 0 atom stereocenters. The fourth-order valence-corrected chi connectivity index (χ4v) is 1.50. The van der Waals surface area contributed by atoms with Gasteiger partial charge >= 0.3 is 0 Å². The van der Waals surface area contributed by atoms with E-state index < -0.39 is 10.8 Å². The van der Waals surface area contributed by atoms with E-state index >= 15 is 0 Å². The molecule has 0 heterocycles. The van der Waals surface area contributed by atoms with E-state index in [0.29, 0.717) is 6.04 Å².